The summed E-state index contributed by atoms with van der Waals surface area (Å²) in [7, 11) is 0. The number of aromatic nitrogens is 3. The Hall–Kier alpha value is -2.99. The van der Waals surface area contributed by atoms with E-state index in [9.17, 15) is 18.9 Å². The number of ether oxygens (including phenoxy) is 1. The molecule has 0 spiro atoms. The van der Waals surface area contributed by atoms with Gasteiger partial charge in [0.2, 0.25) is 5.89 Å². The number of nitro groups is 1. The Bertz CT molecular complexity index is 1140. The molecular weight excluding hydrogens is 432 g/mol. The second-order valence-corrected chi connectivity index (χ2v) is 7.80. The highest BCUT2D eigenvalue weighted by atomic mass is 32.1. The Balaban J connectivity index is 0.00000231. The Labute approximate surface area is 182 Å². The van der Waals surface area contributed by atoms with E-state index in [1.807, 2.05) is 6.92 Å². The molecule has 0 unspecified atom stereocenters. The Morgan fingerprint density at radius 3 is 2.81 bits per heavy atom. The molecule has 0 N–H and O–H groups in total. The minimum Gasteiger partial charge on any atom is -0.440 e. The van der Waals surface area contributed by atoms with Crippen LogP contribution in [0.15, 0.2) is 28.8 Å². The molecule has 2 aliphatic rings. The second-order valence-electron chi connectivity index (χ2n) is 7.80. The summed E-state index contributed by atoms with van der Waals surface area (Å²) in [5.74, 6) is -1.17. The van der Waals surface area contributed by atoms with Gasteiger partial charge in [-0.25, -0.2) is 13.8 Å². The zero-order valence-electron chi connectivity index (χ0n) is 16.5. The van der Waals surface area contributed by atoms with Crippen LogP contribution in [0.2, 0.25) is 0 Å². The molecule has 0 saturated carbocycles. The summed E-state index contributed by atoms with van der Waals surface area (Å²) >= 11 is 0. The smallest absolute Gasteiger partial charge is 0.415 e. The molecule has 12 heteroatoms. The first-order valence-corrected chi connectivity index (χ1v) is 9.37. The summed E-state index contributed by atoms with van der Waals surface area (Å²) in [5, 5.41) is 10.9. The van der Waals surface area contributed by atoms with Crippen LogP contribution in [0.25, 0.3) is 11.5 Å². The van der Waals surface area contributed by atoms with Crippen molar-refractivity contribution in [2.45, 2.75) is 32.0 Å². The molecule has 0 radical (unpaired) electrons. The number of imidazole rings is 1. The van der Waals surface area contributed by atoms with E-state index in [2.05, 4.69) is 14.9 Å². The van der Waals surface area contributed by atoms with Crippen molar-refractivity contribution in [3.63, 3.8) is 0 Å². The van der Waals surface area contributed by atoms with E-state index >= 15 is 0 Å². The van der Waals surface area contributed by atoms with Crippen molar-refractivity contribution >= 4 is 19.3 Å². The molecule has 9 nitrogen and oxygen atoms in total. The minimum absolute atomic E-state index is 0. The van der Waals surface area contributed by atoms with Crippen molar-refractivity contribution in [1.29, 1.82) is 0 Å². The summed E-state index contributed by atoms with van der Waals surface area (Å²) in [6, 6.07) is 3.79. The molecule has 164 valence electrons. The van der Waals surface area contributed by atoms with Crippen molar-refractivity contribution in [3.8, 4) is 17.5 Å². The molecule has 2 aromatic heterocycles. The van der Waals surface area contributed by atoms with Gasteiger partial charge in [-0.15, -0.1) is 0 Å². The second kappa shape index (κ2) is 7.61. The molecule has 1 atom stereocenters. The van der Waals surface area contributed by atoms with Gasteiger partial charge in [0.25, 0.3) is 0 Å². The number of hydrogen-bond acceptors (Lipinski definition) is 7. The Morgan fingerprint density at radius 1 is 1.29 bits per heavy atom. The lowest BCUT2D eigenvalue weighted by Gasteiger charge is -2.32. The topological polar surface area (TPSA) is 99.5 Å². The van der Waals surface area contributed by atoms with Gasteiger partial charge in [-0.2, -0.15) is 13.5 Å². The average Bonchev–Trinajstić information content (AvgIpc) is 3.34. The van der Waals surface area contributed by atoms with Crippen LogP contribution in [0.1, 0.15) is 18.4 Å². The molecule has 2 aliphatic heterocycles. The summed E-state index contributed by atoms with van der Waals surface area (Å²) in [5.41, 5.74) is 0.595. The molecule has 0 saturated heterocycles. The number of rotatable bonds is 4. The third kappa shape index (κ3) is 3.88. The van der Waals surface area contributed by atoms with Crippen LogP contribution in [0, 0.1) is 21.7 Å². The maximum Gasteiger partial charge on any atom is 0.415 e. The van der Waals surface area contributed by atoms with E-state index in [1.165, 1.54) is 12.3 Å². The number of hydrogen-bond donors (Lipinski definition) is 0. The average molecular weight is 451 g/mol. The molecular formula is C19H19F2N5O4S. The molecule has 1 aromatic carbocycles. The lowest BCUT2D eigenvalue weighted by Crippen LogP contribution is -2.46. The highest BCUT2D eigenvalue weighted by molar-refractivity contribution is 7.59. The Kier molecular flexibility index (Phi) is 5.21. The fraction of sp³-hybridized carbons (Fsp3) is 0.368. The van der Waals surface area contributed by atoms with Gasteiger partial charge >= 0.3 is 11.8 Å². The summed E-state index contributed by atoms with van der Waals surface area (Å²) in [6.45, 7) is 4.15. The molecule has 0 amide bonds. The fourth-order valence-corrected chi connectivity index (χ4v) is 3.97. The quantitative estimate of drug-likeness (QED) is 0.444. The predicted octanol–water partition coefficient (Wildman–Crippen LogP) is 3.05. The number of fused-ring (bicyclic) bond motifs is 2. The van der Waals surface area contributed by atoms with Gasteiger partial charge in [-0.1, -0.05) is 0 Å². The lowest BCUT2D eigenvalue weighted by atomic mass is 10.0. The van der Waals surface area contributed by atoms with Gasteiger partial charge in [-0.05, 0) is 30.0 Å². The molecule has 0 fully saturated rings. The monoisotopic (exact) mass is 451 g/mol. The van der Waals surface area contributed by atoms with Crippen molar-refractivity contribution in [2.75, 3.05) is 13.1 Å². The first-order valence-electron chi connectivity index (χ1n) is 9.37. The van der Waals surface area contributed by atoms with E-state index in [1.54, 1.807) is 4.57 Å². The third-order valence-electron chi connectivity index (χ3n) is 5.29. The van der Waals surface area contributed by atoms with Crippen molar-refractivity contribution < 1.29 is 22.9 Å². The van der Waals surface area contributed by atoms with E-state index in [-0.39, 0.29) is 31.2 Å². The first kappa shape index (κ1) is 21.2. The first-order chi connectivity index (χ1) is 14.3. The number of benzene rings is 1. The molecule has 3 aromatic rings. The van der Waals surface area contributed by atoms with Gasteiger partial charge < -0.3 is 19.3 Å². The van der Waals surface area contributed by atoms with Crippen LogP contribution in [0.4, 0.5) is 14.6 Å². The van der Waals surface area contributed by atoms with Crippen LogP contribution < -0.4 is 4.74 Å². The van der Waals surface area contributed by atoms with Crippen LogP contribution in [-0.4, -0.2) is 43.0 Å². The summed E-state index contributed by atoms with van der Waals surface area (Å²) in [4.78, 5) is 20.8. The predicted molar refractivity (Wildman–Crippen MR) is 109 cm³/mol. The van der Waals surface area contributed by atoms with E-state index < -0.39 is 22.2 Å². The van der Waals surface area contributed by atoms with E-state index in [0.29, 0.717) is 37.4 Å². The largest absolute Gasteiger partial charge is 0.440 e. The van der Waals surface area contributed by atoms with Crippen LogP contribution in [0.3, 0.4) is 0 Å². The molecule has 4 heterocycles. The Morgan fingerprint density at radius 2 is 2.10 bits per heavy atom. The highest BCUT2D eigenvalue weighted by Gasteiger charge is 2.42. The molecule has 31 heavy (non-hydrogen) atoms. The van der Waals surface area contributed by atoms with Crippen LogP contribution >= 0.6 is 13.5 Å². The molecule has 0 aliphatic carbocycles. The van der Waals surface area contributed by atoms with Crippen molar-refractivity contribution in [2.24, 2.45) is 0 Å². The van der Waals surface area contributed by atoms with Gasteiger partial charge in [0.05, 0.1) is 18.8 Å². The van der Waals surface area contributed by atoms with Crippen molar-refractivity contribution in [3.05, 3.63) is 57.6 Å². The third-order valence-corrected chi connectivity index (χ3v) is 5.29. The zero-order chi connectivity index (χ0) is 21.0. The number of nitrogens with zero attached hydrogens (tertiary/aromatic N) is 5. The number of oxazole rings is 1. The highest BCUT2D eigenvalue weighted by Crippen LogP contribution is 2.33. The SMILES string of the molecule is C[C@]1(CN2CCc3nc(-c4ccc(F)c(F)c4)oc3C2)Cn2cc([N+](=O)[O-])nc2O1.S. The zero-order valence-corrected chi connectivity index (χ0v) is 17.5. The number of halogens is 2. The van der Waals surface area contributed by atoms with E-state index in [4.69, 9.17) is 9.15 Å². The van der Waals surface area contributed by atoms with Gasteiger partial charge in [0.15, 0.2) is 11.6 Å². The fourth-order valence-electron chi connectivity index (χ4n) is 3.97. The van der Waals surface area contributed by atoms with E-state index in [0.717, 1.165) is 24.4 Å². The van der Waals surface area contributed by atoms with Gasteiger partial charge in [0, 0.05) is 30.1 Å². The van der Waals surface area contributed by atoms with Crippen LogP contribution in [0.5, 0.6) is 6.01 Å². The normalized spacial score (nSPS) is 20.0. The standard InChI is InChI=1S/C19H17F2N5O4.H2S/c1-19(10-25-8-16(26(27)28)23-18(25)30-19)9-24-5-4-14-15(7-24)29-17(22-14)11-2-3-12(20)13(21)6-11;/h2-3,6,8H,4-5,7,9-10H2,1H3;1H2/t19-;/m0./s1. The lowest BCUT2D eigenvalue weighted by molar-refractivity contribution is -0.389. The van der Waals surface area contributed by atoms with Crippen LogP contribution in [-0.2, 0) is 19.5 Å². The van der Waals surface area contributed by atoms with Gasteiger partial charge in [-0.3, -0.25) is 9.47 Å². The molecule has 0 bridgehead atoms. The summed E-state index contributed by atoms with van der Waals surface area (Å²) < 4.78 is 40.1. The molecule has 5 rings (SSSR count). The van der Waals surface area contributed by atoms with Gasteiger partial charge in [0.1, 0.15) is 17.6 Å². The maximum absolute atomic E-state index is 13.5. The minimum atomic E-state index is -0.950. The summed E-state index contributed by atoms with van der Waals surface area (Å²) in [6.07, 6.45) is 2.02. The van der Waals surface area contributed by atoms with Crippen molar-refractivity contribution in [1.82, 2.24) is 19.4 Å². The maximum atomic E-state index is 13.5.